The van der Waals surface area contributed by atoms with E-state index in [0.29, 0.717) is 54.6 Å². The number of rotatable bonds is 9. The van der Waals surface area contributed by atoms with Gasteiger partial charge < -0.3 is 9.51 Å². The van der Waals surface area contributed by atoms with E-state index in [4.69, 9.17) is 4.52 Å². The van der Waals surface area contributed by atoms with E-state index in [2.05, 4.69) is 32.0 Å². The van der Waals surface area contributed by atoms with Crippen molar-refractivity contribution in [1.29, 1.82) is 0 Å². The summed E-state index contributed by atoms with van der Waals surface area (Å²) in [7, 11) is 0. The third kappa shape index (κ3) is 4.22. The Labute approximate surface area is 182 Å². The zero-order valence-electron chi connectivity index (χ0n) is 17.8. The molecule has 11 heteroatoms. The first kappa shape index (κ1) is 21.2. The minimum absolute atomic E-state index is 0.306. The number of aromatic amines is 1. The van der Waals surface area contributed by atoms with Gasteiger partial charge in [0.05, 0.1) is 11.2 Å². The van der Waals surface area contributed by atoms with Crippen LogP contribution in [-0.2, 0) is 19.5 Å². The summed E-state index contributed by atoms with van der Waals surface area (Å²) in [6.45, 7) is 6.62. The second kappa shape index (κ2) is 8.96. The van der Waals surface area contributed by atoms with Gasteiger partial charge in [-0.15, -0.1) is 11.3 Å². The number of nitrogens with one attached hydrogen (secondary N) is 1. The summed E-state index contributed by atoms with van der Waals surface area (Å²) in [6.07, 6.45) is 3.76. The molecule has 0 spiro atoms. The summed E-state index contributed by atoms with van der Waals surface area (Å²) in [5.74, 6) is 1.71. The number of thiazole rings is 1. The fraction of sp³-hybridized carbons (Fsp3) is 0.500. The van der Waals surface area contributed by atoms with Crippen LogP contribution in [0.5, 0.6) is 0 Å². The highest BCUT2D eigenvalue weighted by atomic mass is 32.1. The van der Waals surface area contributed by atoms with Gasteiger partial charge in [0.1, 0.15) is 16.2 Å². The van der Waals surface area contributed by atoms with Gasteiger partial charge >= 0.3 is 5.69 Å². The number of hydrogen-bond acceptors (Lipinski definition) is 8. The Morgan fingerprint density at radius 1 is 1.10 bits per heavy atom. The third-order valence-corrected chi connectivity index (χ3v) is 6.07. The highest BCUT2D eigenvalue weighted by Crippen LogP contribution is 2.25. The standard InChI is InChI=1S/C20H25N7O3S/c1-4-5-9-26-17-15(22-13(3)23-17)19(28)27(20(26)29)10-7-6-8-14-24-18(30-25-14)16-12(2)21-11-31-16/h11H,4-10H2,1-3H3,(H,22,23). The molecule has 0 aliphatic carbocycles. The molecule has 0 aromatic carbocycles. The lowest BCUT2D eigenvalue weighted by Gasteiger charge is -2.10. The summed E-state index contributed by atoms with van der Waals surface area (Å²) >= 11 is 1.46. The molecule has 0 saturated carbocycles. The minimum Gasteiger partial charge on any atom is -0.336 e. The second-order valence-electron chi connectivity index (χ2n) is 7.51. The molecule has 0 atom stereocenters. The number of nitrogens with zero attached hydrogens (tertiary/aromatic N) is 6. The molecule has 31 heavy (non-hydrogen) atoms. The maximum Gasteiger partial charge on any atom is 0.332 e. The van der Waals surface area contributed by atoms with Crippen LogP contribution in [0.2, 0.25) is 0 Å². The molecular weight excluding hydrogens is 418 g/mol. The first-order valence-corrected chi connectivity index (χ1v) is 11.3. The minimum atomic E-state index is -0.323. The van der Waals surface area contributed by atoms with Crippen LogP contribution in [0.25, 0.3) is 21.9 Å². The third-order valence-electron chi connectivity index (χ3n) is 5.15. The molecule has 10 nitrogen and oxygen atoms in total. The van der Waals surface area contributed by atoms with Crippen molar-refractivity contribution in [3.63, 3.8) is 0 Å². The van der Waals surface area contributed by atoms with Crippen molar-refractivity contribution in [3.05, 3.63) is 43.7 Å². The van der Waals surface area contributed by atoms with Gasteiger partial charge in [0.25, 0.3) is 11.4 Å². The number of unbranched alkanes of at least 4 members (excludes halogenated alkanes) is 2. The molecular formula is C20H25N7O3S. The topological polar surface area (TPSA) is 124 Å². The first-order valence-electron chi connectivity index (χ1n) is 10.4. The number of fused-ring (bicyclic) bond motifs is 1. The van der Waals surface area contributed by atoms with Crippen LogP contribution in [-0.4, -0.2) is 34.2 Å². The Hall–Kier alpha value is -3.08. The van der Waals surface area contributed by atoms with Crippen LogP contribution in [0.15, 0.2) is 19.6 Å². The number of imidazole rings is 1. The van der Waals surface area contributed by atoms with Gasteiger partial charge in [0.15, 0.2) is 11.5 Å². The zero-order chi connectivity index (χ0) is 22.0. The van der Waals surface area contributed by atoms with E-state index in [1.807, 2.05) is 6.92 Å². The van der Waals surface area contributed by atoms with Crippen molar-refractivity contribution in [3.8, 4) is 10.8 Å². The number of hydrogen-bond donors (Lipinski definition) is 1. The van der Waals surface area contributed by atoms with Crippen molar-refractivity contribution in [1.82, 2.24) is 34.2 Å². The van der Waals surface area contributed by atoms with E-state index in [9.17, 15) is 9.59 Å². The van der Waals surface area contributed by atoms with Gasteiger partial charge in [-0.3, -0.25) is 13.9 Å². The molecule has 0 aliphatic rings. The van der Waals surface area contributed by atoms with Gasteiger partial charge in [-0.2, -0.15) is 4.98 Å². The average molecular weight is 444 g/mol. The fourth-order valence-corrected chi connectivity index (χ4v) is 4.23. The van der Waals surface area contributed by atoms with Crippen LogP contribution in [0.1, 0.15) is 49.9 Å². The quantitative estimate of drug-likeness (QED) is 0.394. The number of aryl methyl sites for hydroxylation is 4. The largest absolute Gasteiger partial charge is 0.336 e. The normalized spacial score (nSPS) is 11.6. The number of H-pyrrole nitrogens is 1. The van der Waals surface area contributed by atoms with Gasteiger partial charge in [-0.1, -0.05) is 18.5 Å². The Morgan fingerprint density at radius 3 is 2.65 bits per heavy atom. The van der Waals surface area contributed by atoms with Crippen molar-refractivity contribution in [2.24, 2.45) is 0 Å². The Balaban J connectivity index is 1.47. The maximum atomic E-state index is 13.0. The van der Waals surface area contributed by atoms with Gasteiger partial charge in [0, 0.05) is 19.5 Å². The molecule has 0 unspecified atom stereocenters. The summed E-state index contributed by atoms with van der Waals surface area (Å²) in [5, 5.41) is 4.03. The molecule has 4 aromatic heterocycles. The molecule has 0 amide bonds. The summed E-state index contributed by atoms with van der Waals surface area (Å²) in [5.41, 5.74) is 2.81. The second-order valence-corrected chi connectivity index (χ2v) is 8.36. The molecule has 0 saturated heterocycles. The van der Waals surface area contributed by atoms with Crippen molar-refractivity contribution < 1.29 is 4.52 Å². The molecule has 0 bridgehead atoms. The van der Waals surface area contributed by atoms with Crippen LogP contribution in [0.4, 0.5) is 0 Å². The van der Waals surface area contributed by atoms with Gasteiger partial charge in [-0.05, 0) is 33.1 Å². The van der Waals surface area contributed by atoms with Crippen molar-refractivity contribution in [2.75, 3.05) is 0 Å². The molecule has 1 N–H and O–H groups in total. The van der Waals surface area contributed by atoms with Gasteiger partial charge in [0.2, 0.25) is 0 Å². The Kier molecular flexibility index (Phi) is 6.12. The average Bonchev–Trinajstić information content (AvgIpc) is 3.47. The SMILES string of the molecule is CCCCn1c(=O)n(CCCCc2noc(-c3scnc3C)n2)c(=O)c2[nH]c(C)nc21. The smallest absolute Gasteiger partial charge is 0.332 e. The molecule has 0 aliphatic heterocycles. The summed E-state index contributed by atoms with van der Waals surface area (Å²) in [4.78, 5) is 42.7. The number of aromatic nitrogens is 7. The van der Waals surface area contributed by atoms with E-state index in [1.54, 1.807) is 17.0 Å². The van der Waals surface area contributed by atoms with Crippen molar-refractivity contribution in [2.45, 2.75) is 66.0 Å². The van der Waals surface area contributed by atoms with Crippen molar-refractivity contribution >= 4 is 22.5 Å². The summed E-state index contributed by atoms with van der Waals surface area (Å²) in [6, 6.07) is 0. The van der Waals surface area contributed by atoms with E-state index in [1.165, 1.54) is 15.9 Å². The summed E-state index contributed by atoms with van der Waals surface area (Å²) < 4.78 is 8.24. The lowest BCUT2D eigenvalue weighted by Crippen LogP contribution is -2.40. The van der Waals surface area contributed by atoms with E-state index < -0.39 is 0 Å². The predicted octanol–water partition coefficient (Wildman–Crippen LogP) is 2.83. The molecule has 4 aromatic rings. The van der Waals surface area contributed by atoms with Crippen LogP contribution >= 0.6 is 11.3 Å². The molecule has 164 valence electrons. The molecule has 4 heterocycles. The lowest BCUT2D eigenvalue weighted by atomic mass is 10.2. The Morgan fingerprint density at radius 2 is 1.90 bits per heavy atom. The van der Waals surface area contributed by atoms with E-state index in [0.717, 1.165) is 29.8 Å². The zero-order valence-corrected chi connectivity index (χ0v) is 18.7. The highest BCUT2D eigenvalue weighted by molar-refractivity contribution is 7.13. The monoisotopic (exact) mass is 443 g/mol. The lowest BCUT2D eigenvalue weighted by molar-refractivity contribution is 0.421. The van der Waals surface area contributed by atoms with E-state index in [-0.39, 0.29) is 11.2 Å². The fourth-order valence-electron chi connectivity index (χ4n) is 3.50. The van der Waals surface area contributed by atoms with Crippen LogP contribution in [0, 0.1) is 13.8 Å². The van der Waals surface area contributed by atoms with E-state index >= 15 is 0 Å². The van der Waals surface area contributed by atoms with Crippen LogP contribution in [0.3, 0.4) is 0 Å². The predicted molar refractivity (Wildman–Crippen MR) is 117 cm³/mol. The molecule has 0 radical (unpaired) electrons. The Bertz CT molecular complexity index is 1310. The maximum absolute atomic E-state index is 13.0. The molecule has 4 rings (SSSR count). The molecule has 0 fully saturated rings. The van der Waals surface area contributed by atoms with Gasteiger partial charge in [-0.25, -0.2) is 14.8 Å². The first-order chi connectivity index (χ1) is 15.0. The van der Waals surface area contributed by atoms with Crippen LogP contribution < -0.4 is 11.2 Å². The highest BCUT2D eigenvalue weighted by Gasteiger charge is 2.17.